The van der Waals surface area contributed by atoms with Crippen molar-refractivity contribution < 1.29 is 13.3 Å². The highest BCUT2D eigenvalue weighted by molar-refractivity contribution is 7.88. The molecule has 1 fully saturated rings. The van der Waals surface area contributed by atoms with Crippen LogP contribution >= 0.6 is 0 Å². The van der Waals surface area contributed by atoms with Crippen LogP contribution in [0.3, 0.4) is 0 Å². The van der Waals surface area contributed by atoms with E-state index in [1.165, 1.54) is 18.2 Å². The number of nitrogens with zero attached hydrogens (tertiary/aromatic N) is 1. The minimum absolute atomic E-state index is 0.165. The first-order valence-corrected chi connectivity index (χ1v) is 8.53. The van der Waals surface area contributed by atoms with E-state index in [1.54, 1.807) is 6.07 Å². The van der Waals surface area contributed by atoms with Gasteiger partial charge >= 0.3 is 0 Å². The predicted octanol–water partition coefficient (Wildman–Crippen LogP) is 1.01. The number of benzene rings is 1. The molecule has 1 unspecified atom stereocenters. The number of nitro groups is 1. The van der Waals surface area contributed by atoms with Crippen LogP contribution in [0, 0.1) is 16.0 Å². The third-order valence-electron chi connectivity index (χ3n) is 3.52. The maximum absolute atomic E-state index is 12.1. The first kappa shape index (κ1) is 15.9. The number of hydrogen-bond donors (Lipinski definition) is 2. The summed E-state index contributed by atoms with van der Waals surface area (Å²) in [5.41, 5.74) is 0.0407. The van der Waals surface area contributed by atoms with E-state index in [9.17, 15) is 18.5 Å². The van der Waals surface area contributed by atoms with Gasteiger partial charge in [-0.05, 0) is 31.8 Å². The van der Waals surface area contributed by atoms with Gasteiger partial charge in [0.25, 0.3) is 5.69 Å². The molecule has 2 N–H and O–H groups in total. The second-order valence-corrected chi connectivity index (χ2v) is 7.01. The summed E-state index contributed by atoms with van der Waals surface area (Å²) in [7, 11) is -3.57. The van der Waals surface area contributed by atoms with Gasteiger partial charge in [-0.1, -0.05) is 18.2 Å². The van der Waals surface area contributed by atoms with Crippen molar-refractivity contribution in [3.63, 3.8) is 0 Å². The molecule has 0 spiro atoms. The predicted molar refractivity (Wildman–Crippen MR) is 79.3 cm³/mol. The van der Waals surface area contributed by atoms with Crippen molar-refractivity contribution in [1.29, 1.82) is 0 Å². The molecule has 7 nitrogen and oxygen atoms in total. The zero-order valence-electron chi connectivity index (χ0n) is 11.6. The molecule has 8 heteroatoms. The van der Waals surface area contributed by atoms with Gasteiger partial charge in [-0.3, -0.25) is 10.1 Å². The Morgan fingerprint density at radius 2 is 2.14 bits per heavy atom. The highest BCUT2D eigenvalue weighted by atomic mass is 32.2. The summed E-state index contributed by atoms with van der Waals surface area (Å²) in [6, 6.07) is 5.91. The van der Waals surface area contributed by atoms with Gasteiger partial charge in [0, 0.05) is 18.2 Å². The van der Waals surface area contributed by atoms with Gasteiger partial charge in [-0.25, -0.2) is 13.1 Å². The van der Waals surface area contributed by atoms with Crippen molar-refractivity contribution in [3.8, 4) is 0 Å². The molecule has 0 aliphatic carbocycles. The fourth-order valence-electron chi connectivity index (χ4n) is 2.41. The first-order valence-electron chi connectivity index (χ1n) is 6.88. The molecule has 0 bridgehead atoms. The lowest BCUT2D eigenvalue weighted by Crippen LogP contribution is -2.38. The quantitative estimate of drug-likeness (QED) is 0.603. The minimum Gasteiger partial charge on any atom is -0.316 e. The summed E-state index contributed by atoms with van der Waals surface area (Å²) < 4.78 is 26.7. The van der Waals surface area contributed by atoms with Crippen LogP contribution < -0.4 is 10.0 Å². The number of sulfonamides is 1. The van der Waals surface area contributed by atoms with Crippen LogP contribution in [0.2, 0.25) is 0 Å². The van der Waals surface area contributed by atoms with Crippen LogP contribution in [-0.2, 0) is 15.8 Å². The van der Waals surface area contributed by atoms with Crippen LogP contribution in [0.4, 0.5) is 5.69 Å². The molecule has 1 aliphatic heterocycles. The van der Waals surface area contributed by atoms with Gasteiger partial charge in [-0.2, -0.15) is 0 Å². The highest BCUT2D eigenvalue weighted by Gasteiger charge is 2.21. The second kappa shape index (κ2) is 6.97. The Kier molecular flexibility index (Phi) is 5.27. The van der Waals surface area contributed by atoms with Gasteiger partial charge in [0.2, 0.25) is 10.0 Å². The Labute approximate surface area is 123 Å². The molecular weight excluding hydrogens is 294 g/mol. The zero-order valence-corrected chi connectivity index (χ0v) is 12.4. The molecule has 0 amide bonds. The Hall–Kier alpha value is -1.51. The molecule has 0 saturated carbocycles. The number of nitro benzene ring substituents is 1. The maximum Gasteiger partial charge on any atom is 0.273 e. The molecule has 2 rings (SSSR count). The molecule has 1 aromatic carbocycles. The third kappa shape index (κ3) is 4.76. The Bertz CT molecular complexity index is 597. The number of rotatable bonds is 6. The van der Waals surface area contributed by atoms with Crippen LogP contribution in [0.5, 0.6) is 0 Å². The Morgan fingerprint density at radius 3 is 2.81 bits per heavy atom. The van der Waals surface area contributed by atoms with Gasteiger partial charge in [0.05, 0.1) is 10.7 Å². The second-order valence-electron chi connectivity index (χ2n) is 5.21. The molecule has 1 aromatic rings. The monoisotopic (exact) mass is 313 g/mol. The largest absolute Gasteiger partial charge is 0.316 e. The number of para-hydroxylation sites is 1. The standard InChI is InChI=1S/C13H19N3O4S/c17-16(18)13-6-2-1-5-12(13)10-21(19,20)15-9-11-4-3-7-14-8-11/h1-2,5-6,11,14-15H,3-4,7-10H2. The molecule has 0 radical (unpaired) electrons. The lowest BCUT2D eigenvalue weighted by molar-refractivity contribution is -0.385. The topological polar surface area (TPSA) is 101 Å². The van der Waals surface area contributed by atoms with Crippen molar-refractivity contribution in [3.05, 3.63) is 39.9 Å². The summed E-state index contributed by atoms with van der Waals surface area (Å²) in [6.07, 6.45) is 2.03. The van der Waals surface area contributed by atoms with Crippen molar-refractivity contribution >= 4 is 15.7 Å². The fraction of sp³-hybridized carbons (Fsp3) is 0.538. The highest BCUT2D eigenvalue weighted by Crippen LogP contribution is 2.20. The summed E-state index contributed by atoms with van der Waals surface area (Å²) >= 11 is 0. The molecular formula is C13H19N3O4S. The molecule has 1 saturated heterocycles. The first-order chi connectivity index (χ1) is 9.98. The Balaban J connectivity index is 1.99. The summed E-state index contributed by atoms with van der Waals surface area (Å²) in [5, 5.41) is 14.1. The van der Waals surface area contributed by atoms with Crippen molar-refractivity contribution in [2.75, 3.05) is 19.6 Å². The number of nitrogens with one attached hydrogen (secondary N) is 2. The van der Waals surface area contributed by atoms with E-state index in [1.807, 2.05) is 0 Å². The lowest BCUT2D eigenvalue weighted by Gasteiger charge is -2.22. The summed E-state index contributed by atoms with van der Waals surface area (Å²) in [5.74, 6) is -0.0936. The minimum atomic E-state index is -3.57. The molecule has 116 valence electrons. The molecule has 21 heavy (non-hydrogen) atoms. The van der Waals surface area contributed by atoms with E-state index < -0.39 is 14.9 Å². The van der Waals surface area contributed by atoms with Gasteiger partial charge < -0.3 is 5.32 Å². The third-order valence-corrected chi connectivity index (χ3v) is 4.82. The zero-order chi connectivity index (χ0) is 15.3. The molecule has 1 aliphatic rings. The van der Waals surface area contributed by atoms with Gasteiger partial charge in [-0.15, -0.1) is 0 Å². The van der Waals surface area contributed by atoms with Crippen LogP contribution in [0.25, 0.3) is 0 Å². The van der Waals surface area contributed by atoms with Crippen molar-refractivity contribution in [2.24, 2.45) is 5.92 Å². The van der Waals surface area contributed by atoms with E-state index in [-0.39, 0.29) is 22.9 Å². The lowest BCUT2D eigenvalue weighted by atomic mass is 10.0. The molecule has 1 atom stereocenters. The van der Waals surface area contributed by atoms with Crippen LogP contribution in [-0.4, -0.2) is 33.0 Å². The van der Waals surface area contributed by atoms with Crippen LogP contribution in [0.1, 0.15) is 18.4 Å². The number of hydrogen-bond acceptors (Lipinski definition) is 5. The fourth-order valence-corrected chi connectivity index (χ4v) is 3.66. The van der Waals surface area contributed by atoms with E-state index >= 15 is 0 Å². The van der Waals surface area contributed by atoms with E-state index in [0.29, 0.717) is 6.54 Å². The summed E-state index contributed by atoms with van der Waals surface area (Å²) in [6.45, 7) is 2.14. The molecule has 1 heterocycles. The number of piperidine rings is 1. The maximum atomic E-state index is 12.1. The smallest absolute Gasteiger partial charge is 0.273 e. The average Bonchev–Trinajstić information content (AvgIpc) is 2.46. The van der Waals surface area contributed by atoms with E-state index in [2.05, 4.69) is 10.0 Å². The van der Waals surface area contributed by atoms with E-state index in [4.69, 9.17) is 0 Å². The normalized spacial score (nSPS) is 19.3. The van der Waals surface area contributed by atoms with Gasteiger partial charge in [0.15, 0.2) is 0 Å². The Morgan fingerprint density at radius 1 is 1.38 bits per heavy atom. The van der Waals surface area contributed by atoms with Crippen molar-refractivity contribution in [1.82, 2.24) is 10.0 Å². The molecule has 0 aromatic heterocycles. The van der Waals surface area contributed by atoms with Crippen LogP contribution in [0.15, 0.2) is 24.3 Å². The van der Waals surface area contributed by atoms with Gasteiger partial charge in [0.1, 0.15) is 0 Å². The van der Waals surface area contributed by atoms with Crippen molar-refractivity contribution in [2.45, 2.75) is 18.6 Å². The average molecular weight is 313 g/mol. The SMILES string of the molecule is O=[N+]([O-])c1ccccc1CS(=O)(=O)NCC1CCCNC1. The summed E-state index contributed by atoms with van der Waals surface area (Å²) in [4.78, 5) is 10.3. The van der Waals surface area contributed by atoms with E-state index in [0.717, 1.165) is 25.9 Å².